The molecule has 0 radical (unpaired) electrons. The molecule has 0 aromatic heterocycles. The zero-order chi connectivity index (χ0) is 16.0. The molecular weight excluding hydrogens is 270 g/mol. The van der Waals surface area contributed by atoms with E-state index in [-0.39, 0.29) is 30.6 Å². The first-order valence-electron chi connectivity index (χ1n) is 7.77. The van der Waals surface area contributed by atoms with Crippen LogP contribution in [0.4, 0.5) is 4.79 Å². The smallest absolute Gasteiger partial charge is 0.410 e. The standard InChI is InChI=1S/C15H29N3O3/c1-5-18(14(20)21-15(2,3)4)12-9-7-6-8-11(12)17-13(19)10-16/h11-12H,5-10,16H2,1-4H3,(H,17,19). The van der Waals surface area contributed by atoms with Crippen molar-refractivity contribution >= 4 is 12.0 Å². The van der Waals surface area contributed by atoms with Crippen molar-refractivity contribution in [2.24, 2.45) is 5.73 Å². The van der Waals surface area contributed by atoms with E-state index in [4.69, 9.17) is 10.5 Å². The van der Waals surface area contributed by atoms with Crippen molar-refractivity contribution in [2.45, 2.75) is 71.1 Å². The van der Waals surface area contributed by atoms with Crippen LogP contribution in [0.5, 0.6) is 0 Å². The molecule has 0 aliphatic heterocycles. The van der Waals surface area contributed by atoms with Crippen molar-refractivity contribution in [3.8, 4) is 0 Å². The molecule has 1 aliphatic carbocycles. The summed E-state index contributed by atoms with van der Waals surface area (Å²) in [6.07, 6.45) is 3.54. The molecule has 0 heterocycles. The lowest BCUT2D eigenvalue weighted by Crippen LogP contribution is -2.56. The molecule has 6 nitrogen and oxygen atoms in total. The van der Waals surface area contributed by atoms with Gasteiger partial charge in [-0.2, -0.15) is 0 Å². The molecule has 2 unspecified atom stereocenters. The summed E-state index contributed by atoms with van der Waals surface area (Å²) in [7, 11) is 0. The van der Waals surface area contributed by atoms with Crippen molar-refractivity contribution < 1.29 is 14.3 Å². The van der Waals surface area contributed by atoms with Crippen LogP contribution in [0.15, 0.2) is 0 Å². The Kier molecular flexibility index (Phi) is 6.45. The third-order valence-electron chi connectivity index (χ3n) is 3.63. The fourth-order valence-electron chi connectivity index (χ4n) is 2.74. The molecule has 0 spiro atoms. The van der Waals surface area contributed by atoms with Crippen LogP contribution in [0.25, 0.3) is 0 Å². The van der Waals surface area contributed by atoms with Gasteiger partial charge in [-0.1, -0.05) is 12.8 Å². The number of hydrogen-bond donors (Lipinski definition) is 2. The Bertz CT molecular complexity index is 366. The summed E-state index contributed by atoms with van der Waals surface area (Å²) >= 11 is 0. The molecule has 1 fully saturated rings. The molecule has 1 rings (SSSR count). The van der Waals surface area contributed by atoms with Crippen LogP contribution in [0.3, 0.4) is 0 Å². The lowest BCUT2D eigenvalue weighted by molar-refractivity contribution is -0.121. The summed E-state index contributed by atoms with van der Waals surface area (Å²) in [4.78, 5) is 25.6. The van der Waals surface area contributed by atoms with E-state index >= 15 is 0 Å². The van der Waals surface area contributed by atoms with Crippen LogP contribution in [-0.4, -0.2) is 47.7 Å². The first kappa shape index (κ1) is 17.8. The molecule has 1 saturated carbocycles. The number of carbonyl (C=O) groups excluding carboxylic acids is 2. The zero-order valence-electron chi connectivity index (χ0n) is 13.6. The van der Waals surface area contributed by atoms with E-state index in [0.717, 1.165) is 25.7 Å². The van der Waals surface area contributed by atoms with Crippen molar-refractivity contribution in [3.05, 3.63) is 0 Å². The minimum Gasteiger partial charge on any atom is -0.444 e. The summed E-state index contributed by atoms with van der Waals surface area (Å²) in [5.74, 6) is -0.174. The predicted octanol–water partition coefficient (Wildman–Crippen LogP) is 1.63. The third kappa shape index (κ3) is 5.53. The first-order valence-corrected chi connectivity index (χ1v) is 7.77. The van der Waals surface area contributed by atoms with E-state index in [2.05, 4.69) is 5.32 Å². The van der Waals surface area contributed by atoms with Crippen LogP contribution >= 0.6 is 0 Å². The summed E-state index contributed by atoms with van der Waals surface area (Å²) < 4.78 is 5.47. The number of hydrogen-bond acceptors (Lipinski definition) is 4. The van der Waals surface area contributed by atoms with Gasteiger partial charge < -0.3 is 20.7 Å². The summed E-state index contributed by atoms with van der Waals surface area (Å²) in [5, 5.41) is 2.94. The number of nitrogens with two attached hydrogens (primary N) is 1. The monoisotopic (exact) mass is 299 g/mol. The summed E-state index contributed by atoms with van der Waals surface area (Å²) in [6.45, 7) is 8.03. The number of nitrogens with zero attached hydrogens (tertiary/aromatic N) is 1. The Morgan fingerprint density at radius 3 is 2.43 bits per heavy atom. The van der Waals surface area contributed by atoms with Crippen molar-refractivity contribution in [3.63, 3.8) is 0 Å². The Balaban J connectivity index is 2.79. The van der Waals surface area contributed by atoms with Gasteiger partial charge in [0.15, 0.2) is 0 Å². The van der Waals surface area contributed by atoms with Gasteiger partial charge in [0.25, 0.3) is 0 Å². The lowest BCUT2D eigenvalue weighted by Gasteiger charge is -2.40. The molecule has 2 amide bonds. The maximum Gasteiger partial charge on any atom is 0.410 e. The Labute approximate surface area is 127 Å². The number of rotatable bonds is 4. The topological polar surface area (TPSA) is 84.7 Å². The second kappa shape index (κ2) is 7.64. The van der Waals surface area contributed by atoms with Gasteiger partial charge in [0, 0.05) is 12.6 Å². The minimum atomic E-state index is -0.519. The highest BCUT2D eigenvalue weighted by Crippen LogP contribution is 2.25. The molecule has 0 bridgehead atoms. The summed E-state index contributed by atoms with van der Waals surface area (Å²) in [6, 6.07) is -0.0589. The second-order valence-electron chi connectivity index (χ2n) is 6.50. The molecule has 0 saturated heterocycles. The average molecular weight is 299 g/mol. The number of amides is 2. The Morgan fingerprint density at radius 1 is 1.29 bits per heavy atom. The highest BCUT2D eigenvalue weighted by molar-refractivity contribution is 5.78. The van der Waals surface area contributed by atoms with Gasteiger partial charge in [0.05, 0.1) is 12.6 Å². The quantitative estimate of drug-likeness (QED) is 0.826. The van der Waals surface area contributed by atoms with Crippen LogP contribution < -0.4 is 11.1 Å². The molecule has 3 N–H and O–H groups in total. The van der Waals surface area contributed by atoms with E-state index < -0.39 is 5.60 Å². The zero-order valence-corrected chi connectivity index (χ0v) is 13.6. The molecule has 1 aliphatic rings. The van der Waals surface area contributed by atoms with Crippen molar-refractivity contribution in [2.75, 3.05) is 13.1 Å². The van der Waals surface area contributed by atoms with E-state index in [0.29, 0.717) is 6.54 Å². The SMILES string of the molecule is CCN(C(=O)OC(C)(C)C)C1CCCCC1NC(=O)CN. The normalized spacial score (nSPS) is 22.5. The molecule has 6 heteroatoms. The molecule has 21 heavy (non-hydrogen) atoms. The number of carbonyl (C=O) groups is 2. The van der Waals surface area contributed by atoms with Crippen molar-refractivity contribution in [1.82, 2.24) is 10.2 Å². The molecule has 122 valence electrons. The number of ether oxygens (including phenoxy) is 1. The Hall–Kier alpha value is -1.30. The van der Waals surface area contributed by atoms with E-state index in [9.17, 15) is 9.59 Å². The van der Waals surface area contributed by atoms with Crippen LogP contribution in [0.1, 0.15) is 53.4 Å². The Morgan fingerprint density at radius 2 is 1.90 bits per heavy atom. The van der Waals surface area contributed by atoms with Gasteiger partial charge in [0.2, 0.25) is 5.91 Å². The second-order valence-corrected chi connectivity index (χ2v) is 6.50. The fourth-order valence-corrected chi connectivity index (χ4v) is 2.74. The highest BCUT2D eigenvalue weighted by Gasteiger charge is 2.34. The maximum absolute atomic E-state index is 12.4. The number of nitrogens with one attached hydrogen (secondary N) is 1. The van der Waals surface area contributed by atoms with E-state index in [1.165, 1.54) is 0 Å². The van der Waals surface area contributed by atoms with Gasteiger partial charge >= 0.3 is 6.09 Å². The molecule has 0 aromatic carbocycles. The van der Waals surface area contributed by atoms with Gasteiger partial charge in [0.1, 0.15) is 5.60 Å². The van der Waals surface area contributed by atoms with Gasteiger partial charge in [-0.05, 0) is 40.5 Å². The van der Waals surface area contributed by atoms with Gasteiger partial charge in [-0.25, -0.2) is 4.79 Å². The van der Waals surface area contributed by atoms with E-state index in [1.54, 1.807) is 4.90 Å². The third-order valence-corrected chi connectivity index (χ3v) is 3.63. The van der Waals surface area contributed by atoms with Crippen LogP contribution in [-0.2, 0) is 9.53 Å². The van der Waals surface area contributed by atoms with Crippen LogP contribution in [0, 0.1) is 0 Å². The fraction of sp³-hybridized carbons (Fsp3) is 0.867. The first-order chi connectivity index (χ1) is 9.78. The minimum absolute atomic E-state index is 0.0194. The highest BCUT2D eigenvalue weighted by atomic mass is 16.6. The molecule has 2 atom stereocenters. The number of likely N-dealkylation sites (N-methyl/N-ethyl adjacent to an activating group) is 1. The molecule has 0 aromatic rings. The largest absolute Gasteiger partial charge is 0.444 e. The molecular formula is C15H29N3O3. The van der Waals surface area contributed by atoms with Crippen molar-refractivity contribution in [1.29, 1.82) is 0 Å². The summed E-state index contributed by atoms with van der Waals surface area (Å²) in [5.41, 5.74) is 4.85. The van der Waals surface area contributed by atoms with Crippen LogP contribution in [0.2, 0.25) is 0 Å². The predicted molar refractivity (Wildman–Crippen MR) is 81.9 cm³/mol. The van der Waals surface area contributed by atoms with Gasteiger partial charge in [-0.3, -0.25) is 4.79 Å². The maximum atomic E-state index is 12.4. The van der Waals surface area contributed by atoms with Gasteiger partial charge in [-0.15, -0.1) is 0 Å². The average Bonchev–Trinajstić information content (AvgIpc) is 2.39. The van der Waals surface area contributed by atoms with E-state index in [1.807, 2.05) is 27.7 Å². The lowest BCUT2D eigenvalue weighted by atomic mass is 9.89.